The van der Waals surface area contributed by atoms with Crippen molar-refractivity contribution in [1.82, 2.24) is 5.32 Å². The van der Waals surface area contributed by atoms with Crippen LogP contribution in [-0.4, -0.2) is 7.05 Å². The van der Waals surface area contributed by atoms with Crippen LogP contribution in [0.1, 0.15) is 22.9 Å². The quantitative estimate of drug-likeness (QED) is 0.876. The molecule has 2 rings (SSSR count). The minimum Gasteiger partial charge on any atom is -0.453 e. The molecule has 0 amide bonds. The second-order valence-electron chi connectivity index (χ2n) is 4.38. The second-order valence-corrected chi connectivity index (χ2v) is 5.16. The summed E-state index contributed by atoms with van der Waals surface area (Å²) >= 11 is 3.23. The van der Waals surface area contributed by atoms with Crippen LogP contribution in [0.3, 0.4) is 0 Å². The van der Waals surface area contributed by atoms with Crippen LogP contribution in [0, 0.1) is 0 Å². The molecule has 0 aliphatic carbocycles. The fourth-order valence-corrected chi connectivity index (χ4v) is 2.25. The maximum atomic E-state index is 12.5. The van der Waals surface area contributed by atoms with Crippen molar-refractivity contribution in [2.75, 3.05) is 7.05 Å². The van der Waals surface area contributed by atoms with Gasteiger partial charge in [0.1, 0.15) is 5.76 Å². The average Bonchev–Trinajstić information content (AvgIpc) is 2.82. The summed E-state index contributed by atoms with van der Waals surface area (Å²) in [5.74, 6) is 0.735. The van der Waals surface area contributed by atoms with Gasteiger partial charge in [0, 0.05) is 0 Å². The van der Waals surface area contributed by atoms with E-state index in [1.165, 1.54) is 12.1 Å². The number of furan rings is 1. The van der Waals surface area contributed by atoms with Crippen molar-refractivity contribution in [2.24, 2.45) is 0 Å². The van der Waals surface area contributed by atoms with Crippen molar-refractivity contribution < 1.29 is 17.6 Å². The Morgan fingerprint density at radius 2 is 1.80 bits per heavy atom. The third kappa shape index (κ3) is 3.64. The lowest BCUT2D eigenvalue weighted by Gasteiger charge is -2.14. The zero-order valence-corrected chi connectivity index (χ0v) is 12.3. The van der Waals surface area contributed by atoms with E-state index in [1.54, 1.807) is 13.1 Å². The van der Waals surface area contributed by atoms with Gasteiger partial charge in [-0.1, -0.05) is 12.1 Å². The zero-order chi connectivity index (χ0) is 14.8. The molecule has 0 aliphatic rings. The summed E-state index contributed by atoms with van der Waals surface area (Å²) in [4.78, 5) is 0. The minimum atomic E-state index is -4.30. The van der Waals surface area contributed by atoms with Crippen LogP contribution in [0.25, 0.3) is 0 Å². The minimum absolute atomic E-state index is 0.0852. The molecule has 1 aromatic carbocycles. The van der Waals surface area contributed by atoms with Gasteiger partial charge in [-0.3, -0.25) is 0 Å². The predicted octanol–water partition coefficient (Wildman–Crippen LogP) is 4.56. The van der Waals surface area contributed by atoms with Gasteiger partial charge in [0.25, 0.3) is 0 Å². The number of benzene rings is 1. The van der Waals surface area contributed by atoms with Crippen LogP contribution in [0.15, 0.2) is 45.5 Å². The first-order chi connectivity index (χ1) is 9.40. The molecule has 6 heteroatoms. The van der Waals surface area contributed by atoms with E-state index < -0.39 is 11.7 Å². The topological polar surface area (TPSA) is 25.2 Å². The standard InChI is InChI=1S/C14H13BrF3NO/c1-19-11(12-6-7-13(15)20-12)8-9-2-4-10(5-3-9)14(16,17)18/h2-7,11,19H,8H2,1H3. The van der Waals surface area contributed by atoms with E-state index in [0.29, 0.717) is 11.1 Å². The number of alkyl halides is 3. The van der Waals surface area contributed by atoms with Crippen molar-refractivity contribution in [3.8, 4) is 0 Å². The third-order valence-electron chi connectivity index (χ3n) is 3.01. The van der Waals surface area contributed by atoms with E-state index in [9.17, 15) is 13.2 Å². The lowest BCUT2D eigenvalue weighted by atomic mass is 10.0. The van der Waals surface area contributed by atoms with Gasteiger partial charge in [-0.25, -0.2) is 0 Å². The molecule has 0 aliphatic heterocycles. The monoisotopic (exact) mass is 347 g/mol. The number of hydrogen-bond acceptors (Lipinski definition) is 2. The van der Waals surface area contributed by atoms with Gasteiger partial charge in [-0.05, 0) is 59.2 Å². The average molecular weight is 348 g/mol. The van der Waals surface area contributed by atoms with Crippen LogP contribution in [0.5, 0.6) is 0 Å². The van der Waals surface area contributed by atoms with Gasteiger partial charge >= 0.3 is 6.18 Å². The van der Waals surface area contributed by atoms with E-state index in [1.807, 2.05) is 6.07 Å². The highest BCUT2D eigenvalue weighted by Crippen LogP contribution is 2.30. The van der Waals surface area contributed by atoms with Crippen molar-refractivity contribution >= 4 is 15.9 Å². The number of rotatable bonds is 4. The molecule has 0 saturated heterocycles. The van der Waals surface area contributed by atoms with Gasteiger partial charge in [-0.2, -0.15) is 13.2 Å². The molecule has 1 unspecified atom stereocenters. The molecule has 0 fully saturated rings. The summed E-state index contributed by atoms with van der Waals surface area (Å²) in [6, 6.07) is 8.70. The van der Waals surface area contributed by atoms with Gasteiger partial charge < -0.3 is 9.73 Å². The lowest BCUT2D eigenvalue weighted by molar-refractivity contribution is -0.137. The lowest BCUT2D eigenvalue weighted by Crippen LogP contribution is -2.18. The first-order valence-corrected chi connectivity index (χ1v) is 6.78. The van der Waals surface area contributed by atoms with E-state index in [-0.39, 0.29) is 6.04 Å². The molecular formula is C14H13BrF3NO. The zero-order valence-electron chi connectivity index (χ0n) is 10.7. The molecule has 108 valence electrons. The number of likely N-dealkylation sites (N-methyl/N-ethyl adjacent to an activating group) is 1. The van der Waals surface area contributed by atoms with Crippen LogP contribution >= 0.6 is 15.9 Å². The Morgan fingerprint density at radius 3 is 2.25 bits per heavy atom. The highest BCUT2D eigenvalue weighted by Gasteiger charge is 2.30. The van der Waals surface area contributed by atoms with E-state index in [4.69, 9.17) is 4.42 Å². The number of halogens is 4. The summed E-state index contributed by atoms with van der Waals surface area (Å²) in [5.41, 5.74) is 0.174. The van der Waals surface area contributed by atoms with Crippen molar-refractivity contribution in [3.05, 3.63) is 58.0 Å². The maximum Gasteiger partial charge on any atom is 0.416 e. The SMILES string of the molecule is CNC(Cc1ccc(C(F)(F)F)cc1)c1ccc(Br)o1. The van der Waals surface area contributed by atoms with Gasteiger partial charge in [0.15, 0.2) is 4.67 Å². The summed E-state index contributed by atoms with van der Waals surface area (Å²) in [6.45, 7) is 0. The highest BCUT2D eigenvalue weighted by molar-refractivity contribution is 9.10. The molecule has 1 aromatic heterocycles. The summed E-state index contributed by atoms with van der Waals surface area (Å²) in [7, 11) is 1.78. The predicted molar refractivity (Wildman–Crippen MR) is 73.4 cm³/mol. The largest absolute Gasteiger partial charge is 0.453 e. The molecule has 1 N–H and O–H groups in total. The van der Waals surface area contributed by atoms with Crippen LogP contribution in [0.4, 0.5) is 13.2 Å². The van der Waals surface area contributed by atoms with Crippen molar-refractivity contribution in [3.63, 3.8) is 0 Å². The van der Waals surface area contributed by atoms with Gasteiger partial charge in [0.2, 0.25) is 0 Å². The maximum absolute atomic E-state index is 12.5. The molecular weight excluding hydrogens is 335 g/mol. The molecule has 20 heavy (non-hydrogen) atoms. The van der Waals surface area contributed by atoms with E-state index >= 15 is 0 Å². The van der Waals surface area contributed by atoms with E-state index in [2.05, 4.69) is 21.2 Å². The van der Waals surface area contributed by atoms with Crippen molar-refractivity contribution in [1.29, 1.82) is 0 Å². The Balaban J connectivity index is 2.12. The normalized spacial score (nSPS) is 13.4. The number of nitrogens with one attached hydrogen (secondary N) is 1. The summed E-state index contributed by atoms with van der Waals surface area (Å²) in [5, 5.41) is 3.09. The first kappa shape index (κ1) is 15.1. The molecule has 2 nitrogen and oxygen atoms in total. The fraction of sp³-hybridized carbons (Fsp3) is 0.286. The van der Waals surface area contributed by atoms with Crippen LogP contribution < -0.4 is 5.32 Å². The third-order valence-corrected chi connectivity index (χ3v) is 3.43. The molecule has 0 radical (unpaired) electrons. The molecule has 2 aromatic rings. The second kappa shape index (κ2) is 6.01. The Morgan fingerprint density at radius 1 is 1.15 bits per heavy atom. The summed E-state index contributed by atoms with van der Waals surface area (Å²) < 4.78 is 43.5. The van der Waals surface area contributed by atoms with Crippen LogP contribution in [-0.2, 0) is 12.6 Å². The molecule has 0 bridgehead atoms. The number of hydrogen-bond donors (Lipinski definition) is 1. The van der Waals surface area contributed by atoms with Gasteiger partial charge in [-0.15, -0.1) is 0 Å². The Hall–Kier alpha value is -1.27. The Kier molecular flexibility index (Phi) is 4.55. The molecule has 1 heterocycles. The Bertz CT molecular complexity index is 563. The summed E-state index contributed by atoms with van der Waals surface area (Å²) in [6.07, 6.45) is -3.75. The smallest absolute Gasteiger partial charge is 0.416 e. The van der Waals surface area contributed by atoms with Crippen LogP contribution in [0.2, 0.25) is 0 Å². The molecule has 0 saturated carbocycles. The first-order valence-electron chi connectivity index (χ1n) is 5.99. The molecule has 0 spiro atoms. The van der Waals surface area contributed by atoms with Gasteiger partial charge in [0.05, 0.1) is 11.6 Å². The van der Waals surface area contributed by atoms with E-state index in [0.717, 1.165) is 23.5 Å². The van der Waals surface area contributed by atoms with Crippen molar-refractivity contribution in [2.45, 2.75) is 18.6 Å². The highest BCUT2D eigenvalue weighted by atomic mass is 79.9. The fourth-order valence-electron chi connectivity index (χ4n) is 1.93. The Labute approximate surface area is 123 Å². The molecule has 1 atom stereocenters.